The number of hydrogen-bond acceptors (Lipinski definition) is 7. The number of alkyl halides is 6. The summed E-state index contributed by atoms with van der Waals surface area (Å²) in [5.74, 6) is -5.04. The molecule has 0 saturated carbocycles. The summed E-state index contributed by atoms with van der Waals surface area (Å²) in [6.07, 6.45) is -4.70. The number of aliphatic carboxylic acids is 2. The van der Waals surface area contributed by atoms with Crippen molar-refractivity contribution in [2.75, 3.05) is 25.0 Å². The lowest BCUT2D eigenvalue weighted by molar-refractivity contribution is -0.193. The minimum Gasteiger partial charge on any atom is -0.475 e. The fraction of sp³-hybridized carbons (Fsp3) is 0.455. The van der Waals surface area contributed by atoms with E-state index < -0.39 is 24.3 Å². The first-order chi connectivity index (χ1) is 17.6. The van der Waals surface area contributed by atoms with Gasteiger partial charge in [-0.1, -0.05) is 12.1 Å². The lowest BCUT2D eigenvalue weighted by Gasteiger charge is -2.23. The average Bonchev–Trinajstić information content (AvgIpc) is 3.41. The maximum Gasteiger partial charge on any atom is 0.490 e. The molecule has 1 aromatic heterocycles. The molecule has 2 atom stereocenters. The van der Waals surface area contributed by atoms with Crippen molar-refractivity contribution < 1.29 is 55.3 Å². The highest BCUT2D eigenvalue weighted by Crippen LogP contribution is 2.36. The number of carbonyl (C=O) groups is 2. The van der Waals surface area contributed by atoms with Crippen LogP contribution in [-0.4, -0.2) is 80.7 Å². The van der Waals surface area contributed by atoms with Gasteiger partial charge in [0, 0.05) is 38.4 Å². The predicted octanol–water partition coefficient (Wildman–Crippen LogP) is 3.73. The van der Waals surface area contributed by atoms with E-state index in [9.17, 15) is 30.7 Å². The Morgan fingerprint density at radius 3 is 2.05 bits per heavy atom. The third-order valence-electron chi connectivity index (χ3n) is 5.31. The van der Waals surface area contributed by atoms with Crippen LogP contribution in [0.25, 0.3) is 0 Å². The molecular formula is C22H23F7N4O5. The summed E-state index contributed by atoms with van der Waals surface area (Å²) < 4.78 is 82.6. The number of benzene rings is 1. The number of halogens is 7. The Morgan fingerprint density at radius 2 is 1.55 bits per heavy atom. The van der Waals surface area contributed by atoms with E-state index in [1.165, 1.54) is 12.1 Å². The first kappa shape index (κ1) is 30.7. The summed E-state index contributed by atoms with van der Waals surface area (Å²) in [4.78, 5) is 28.6. The topological polar surface area (TPSA) is 125 Å². The van der Waals surface area contributed by atoms with Crippen LogP contribution in [0.1, 0.15) is 18.4 Å². The molecule has 0 aliphatic carbocycles. The van der Waals surface area contributed by atoms with Crippen LogP contribution in [0.4, 0.5) is 36.7 Å². The number of aromatic nitrogens is 2. The summed E-state index contributed by atoms with van der Waals surface area (Å²) >= 11 is 0. The second kappa shape index (κ2) is 12.8. The molecule has 9 nitrogen and oxygen atoms in total. The number of ether oxygens (including phenoxy) is 1. The first-order valence-electron chi connectivity index (χ1n) is 10.8. The van der Waals surface area contributed by atoms with Gasteiger partial charge in [0.1, 0.15) is 5.82 Å². The van der Waals surface area contributed by atoms with Crippen molar-refractivity contribution in [2.24, 2.45) is 0 Å². The molecule has 2 unspecified atom stereocenters. The third kappa shape index (κ3) is 10.1. The molecular weight excluding hydrogens is 533 g/mol. The zero-order valence-corrected chi connectivity index (χ0v) is 19.5. The van der Waals surface area contributed by atoms with Crippen molar-refractivity contribution >= 4 is 17.9 Å². The normalized spacial score (nSPS) is 21.2. The largest absolute Gasteiger partial charge is 0.490 e. The highest BCUT2D eigenvalue weighted by molar-refractivity contribution is 5.73. The number of nitrogens with one attached hydrogen (secondary N) is 1. The van der Waals surface area contributed by atoms with Gasteiger partial charge in [0.05, 0.1) is 18.2 Å². The zero-order valence-electron chi connectivity index (χ0n) is 19.5. The number of carboxylic acids is 2. The van der Waals surface area contributed by atoms with Crippen molar-refractivity contribution in [1.29, 1.82) is 0 Å². The smallest absolute Gasteiger partial charge is 0.475 e. The molecule has 1 aromatic carbocycles. The second-order valence-corrected chi connectivity index (χ2v) is 8.30. The van der Waals surface area contributed by atoms with Crippen molar-refractivity contribution in [3.8, 4) is 0 Å². The zero-order chi connectivity index (χ0) is 28.6. The number of nitrogens with zero attached hydrogens (tertiary/aromatic N) is 3. The summed E-state index contributed by atoms with van der Waals surface area (Å²) in [5.41, 5.74) is 1.06. The maximum absolute atomic E-state index is 13.0. The first-order valence-corrected chi connectivity index (χ1v) is 10.8. The Hall–Kier alpha value is -3.53. The monoisotopic (exact) mass is 556 g/mol. The summed E-state index contributed by atoms with van der Waals surface area (Å²) in [6, 6.07) is 8.81. The van der Waals surface area contributed by atoms with Crippen LogP contribution >= 0.6 is 0 Å². The average molecular weight is 556 g/mol. The summed E-state index contributed by atoms with van der Waals surface area (Å²) in [7, 11) is 0. The SMILES string of the molecule is Fc1ccc(CN2CCC3(CC(Nc4ncccn4)CO3)C2)cc1.O=C(O)C(F)(F)F.O=C(O)C(F)(F)F. The van der Waals surface area contributed by atoms with E-state index in [4.69, 9.17) is 24.5 Å². The standard InChI is InChI=1S/C18H21FN4O.2C2HF3O2/c19-15-4-2-14(3-5-15)11-23-9-6-18(13-23)10-16(12-24-18)22-17-20-7-1-8-21-17;2*3-2(4,5)1(6)7/h1-5,7-8,16H,6,9-13H2,(H,20,21,22);2*(H,6,7). The van der Waals surface area contributed by atoms with Gasteiger partial charge in [-0.05, 0) is 30.2 Å². The maximum atomic E-state index is 13.0. The highest BCUT2D eigenvalue weighted by Gasteiger charge is 2.45. The molecule has 2 aliphatic heterocycles. The fourth-order valence-corrected chi connectivity index (χ4v) is 3.69. The predicted molar refractivity (Wildman–Crippen MR) is 116 cm³/mol. The highest BCUT2D eigenvalue weighted by atomic mass is 19.4. The molecule has 16 heteroatoms. The lowest BCUT2D eigenvalue weighted by Crippen LogP contribution is -2.33. The van der Waals surface area contributed by atoms with Gasteiger partial charge in [0.15, 0.2) is 0 Å². The minimum atomic E-state index is -5.08. The van der Waals surface area contributed by atoms with E-state index in [1.54, 1.807) is 12.4 Å². The third-order valence-corrected chi connectivity index (χ3v) is 5.31. The molecule has 0 bridgehead atoms. The van der Waals surface area contributed by atoms with Gasteiger partial charge in [-0.3, -0.25) is 4.90 Å². The number of hydrogen-bond donors (Lipinski definition) is 3. The van der Waals surface area contributed by atoms with Crippen LogP contribution in [0.3, 0.4) is 0 Å². The number of likely N-dealkylation sites (tertiary alicyclic amines) is 1. The summed E-state index contributed by atoms with van der Waals surface area (Å²) in [5, 5.41) is 17.6. The van der Waals surface area contributed by atoms with E-state index in [0.717, 1.165) is 38.0 Å². The van der Waals surface area contributed by atoms with Crippen LogP contribution in [0.15, 0.2) is 42.7 Å². The van der Waals surface area contributed by atoms with Crippen LogP contribution in [0, 0.1) is 5.82 Å². The Labute approximate surface area is 211 Å². The fourth-order valence-electron chi connectivity index (χ4n) is 3.69. The number of anilines is 1. The number of rotatable bonds is 4. The van der Waals surface area contributed by atoms with Crippen molar-refractivity contribution in [2.45, 2.75) is 43.4 Å². The van der Waals surface area contributed by atoms with E-state index in [-0.39, 0.29) is 17.5 Å². The van der Waals surface area contributed by atoms with E-state index >= 15 is 0 Å². The van der Waals surface area contributed by atoms with E-state index in [1.807, 2.05) is 18.2 Å². The molecule has 2 fully saturated rings. The Bertz CT molecular complexity index is 1030. The lowest BCUT2D eigenvalue weighted by atomic mass is 9.97. The molecule has 4 rings (SSSR count). The molecule has 0 radical (unpaired) electrons. The Kier molecular flexibility index (Phi) is 10.4. The Morgan fingerprint density at radius 1 is 1.03 bits per heavy atom. The van der Waals surface area contributed by atoms with E-state index in [0.29, 0.717) is 12.6 Å². The molecule has 0 amide bonds. The van der Waals surface area contributed by atoms with Crippen LogP contribution in [0.5, 0.6) is 0 Å². The Balaban J connectivity index is 0.000000301. The van der Waals surface area contributed by atoms with Crippen molar-refractivity contribution in [3.63, 3.8) is 0 Å². The molecule has 2 saturated heterocycles. The minimum absolute atomic E-state index is 0.0769. The van der Waals surface area contributed by atoms with Gasteiger partial charge in [-0.2, -0.15) is 26.3 Å². The van der Waals surface area contributed by atoms with Gasteiger partial charge in [-0.15, -0.1) is 0 Å². The van der Waals surface area contributed by atoms with Gasteiger partial charge in [0.25, 0.3) is 0 Å². The van der Waals surface area contributed by atoms with Gasteiger partial charge in [-0.25, -0.2) is 23.9 Å². The molecule has 2 aromatic rings. The quantitative estimate of drug-likeness (QED) is 0.484. The molecule has 1 spiro atoms. The molecule has 210 valence electrons. The molecule has 3 heterocycles. The van der Waals surface area contributed by atoms with E-state index in [2.05, 4.69) is 20.2 Å². The van der Waals surface area contributed by atoms with Crippen molar-refractivity contribution in [3.05, 3.63) is 54.1 Å². The van der Waals surface area contributed by atoms with Crippen LogP contribution < -0.4 is 5.32 Å². The van der Waals surface area contributed by atoms with Gasteiger partial charge >= 0.3 is 24.3 Å². The molecule has 2 aliphatic rings. The van der Waals surface area contributed by atoms with Gasteiger partial charge in [0.2, 0.25) is 5.95 Å². The number of carboxylic acid groups (broad SMARTS) is 2. The molecule has 3 N–H and O–H groups in total. The molecule has 38 heavy (non-hydrogen) atoms. The van der Waals surface area contributed by atoms with Crippen LogP contribution in [-0.2, 0) is 20.9 Å². The van der Waals surface area contributed by atoms with Crippen LogP contribution in [0.2, 0.25) is 0 Å². The van der Waals surface area contributed by atoms with Crippen molar-refractivity contribution in [1.82, 2.24) is 14.9 Å². The summed E-state index contributed by atoms with van der Waals surface area (Å²) in [6.45, 7) is 3.44. The second-order valence-electron chi connectivity index (χ2n) is 8.30. The van der Waals surface area contributed by atoms with Gasteiger partial charge < -0.3 is 20.3 Å².